The average Bonchev–Trinajstić information content (AvgIpc) is 2.00. The molecule has 2 unspecified atom stereocenters. The Hall–Kier alpha value is -0.570. The summed E-state index contributed by atoms with van der Waals surface area (Å²) < 4.78 is 4.75. The zero-order valence-corrected chi connectivity index (χ0v) is 10.5. The van der Waals surface area contributed by atoms with Crippen LogP contribution in [0.3, 0.4) is 0 Å². The lowest BCUT2D eigenvalue weighted by Gasteiger charge is -2.24. The molecule has 0 aliphatic rings. The Balaban J connectivity index is 3.96. The molecule has 15 heavy (non-hydrogen) atoms. The molecule has 0 aromatic heterocycles. The molecule has 0 aromatic carbocycles. The Kier molecular flexibility index (Phi) is 5.88. The fraction of sp³-hybridized carbons (Fsp3) is 0.917. The van der Waals surface area contributed by atoms with E-state index in [-0.39, 0.29) is 5.41 Å². The second-order valence-corrected chi connectivity index (χ2v) is 5.37. The lowest BCUT2D eigenvalue weighted by Crippen LogP contribution is -2.26. The van der Waals surface area contributed by atoms with E-state index in [2.05, 4.69) is 20.8 Å². The van der Waals surface area contributed by atoms with Crippen LogP contribution in [0, 0.1) is 11.3 Å². The molecule has 0 amide bonds. The number of rotatable bonds is 5. The number of hydrogen-bond acceptors (Lipinski definition) is 3. The number of aliphatic hydroxyl groups is 1. The van der Waals surface area contributed by atoms with Crippen molar-refractivity contribution in [1.29, 1.82) is 0 Å². The second-order valence-electron chi connectivity index (χ2n) is 5.37. The topological polar surface area (TPSA) is 46.5 Å². The minimum absolute atomic E-state index is 0.230. The van der Waals surface area contributed by atoms with E-state index in [4.69, 9.17) is 4.74 Å². The molecule has 0 bridgehead atoms. The van der Waals surface area contributed by atoms with Crippen LogP contribution >= 0.6 is 0 Å². The SMILES string of the molecule is CCOC(=O)C(O)CC(C)CC(C)(C)C. The van der Waals surface area contributed by atoms with Crippen LogP contribution in [0.2, 0.25) is 0 Å². The van der Waals surface area contributed by atoms with E-state index >= 15 is 0 Å². The molecule has 90 valence electrons. The predicted molar refractivity (Wildman–Crippen MR) is 60.5 cm³/mol. The Bertz CT molecular complexity index is 194. The molecule has 0 aromatic rings. The first-order chi connectivity index (χ1) is 6.76. The van der Waals surface area contributed by atoms with E-state index in [1.807, 2.05) is 6.92 Å². The van der Waals surface area contributed by atoms with E-state index < -0.39 is 12.1 Å². The van der Waals surface area contributed by atoms with Gasteiger partial charge in [-0.3, -0.25) is 0 Å². The van der Waals surface area contributed by atoms with Crippen LogP contribution in [0.5, 0.6) is 0 Å². The monoisotopic (exact) mass is 216 g/mol. The molecule has 0 fully saturated rings. The van der Waals surface area contributed by atoms with Crippen LogP contribution in [0.15, 0.2) is 0 Å². The lowest BCUT2D eigenvalue weighted by molar-refractivity contribution is -0.154. The molecule has 0 aliphatic heterocycles. The van der Waals surface area contributed by atoms with Gasteiger partial charge in [0.15, 0.2) is 6.10 Å². The third kappa shape index (κ3) is 7.37. The van der Waals surface area contributed by atoms with Gasteiger partial charge in [0.05, 0.1) is 6.61 Å². The Morgan fingerprint density at radius 2 is 1.93 bits per heavy atom. The van der Waals surface area contributed by atoms with Crippen LogP contribution in [-0.4, -0.2) is 23.8 Å². The maximum atomic E-state index is 11.2. The highest BCUT2D eigenvalue weighted by molar-refractivity contribution is 5.74. The molecule has 0 spiro atoms. The van der Waals surface area contributed by atoms with E-state index in [1.54, 1.807) is 6.92 Å². The van der Waals surface area contributed by atoms with Crippen LogP contribution < -0.4 is 0 Å². The maximum Gasteiger partial charge on any atom is 0.334 e. The minimum Gasteiger partial charge on any atom is -0.464 e. The maximum absolute atomic E-state index is 11.2. The van der Waals surface area contributed by atoms with Gasteiger partial charge < -0.3 is 9.84 Å². The number of carbonyl (C=O) groups excluding carboxylic acids is 1. The van der Waals surface area contributed by atoms with Gasteiger partial charge in [0.2, 0.25) is 0 Å². The third-order valence-corrected chi connectivity index (χ3v) is 2.15. The first-order valence-corrected chi connectivity index (χ1v) is 5.61. The summed E-state index contributed by atoms with van der Waals surface area (Å²) in [5, 5.41) is 9.54. The van der Waals surface area contributed by atoms with Gasteiger partial charge >= 0.3 is 5.97 Å². The second kappa shape index (κ2) is 6.11. The van der Waals surface area contributed by atoms with E-state index in [9.17, 15) is 9.90 Å². The highest BCUT2D eigenvalue weighted by atomic mass is 16.5. The number of aliphatic hydroxyl groups excluding tert-OH is 1. The van der Waals surface area contributed by atoms with Crippen molar-refractivity contribution in [2.75, 3.05) is 6.61 Å². The molecule has 2 atom stereocenters. The summed E-state index contributed by atoms with van der Waals surface area (Å²) in [4.78, 5) is 11.2. The largest absolute Gasteiger partial charge is 0.464 e. The predicted octanol–water partition coefficient (Wildman–Crippen LogP) is 2.37. The van der Waals surface area contributed by atoms with Crippen molar-refractivity contribution in [1.82, 2.24) is 0 Å². The fourth-order valence-corrected chi connectivity index (χ4v) is 1.84. The van der Waals surface area contributed by atoms with Gasteiger partial charge in [-0.2, -0.15) is 0 Å². The number of hydrogen-bond donors (Lipinski definition) is 1. The molecule has 0 saturated heterocycles. The van der Waals surface area contributed by atoms with E-state index in [0.29, 0.717) is 18.9 Å². The molecule has 0 radical (unpaired) electrons. The summed E-state index contributed by atoms with van der Waals surface area (Å²) >= 11 is 0. The van der Waals surface area contributed by atoms with Crippen LogP contribution in [0.4, 0.5) is 0 Å². The van der Waals surface area contributed by atoms with Crippen molar-refractivity contribution in [3.8, 4) is 0 Å². The Morgan fingerprint density at radius 1 is 1.40 bits per heavy atom. The highest BCUT2D eigenvalue weighted by Gasteiger charge is 2.22. The summed E-state index contributed by atoms with van der Waals surface area (Å²) in [6, 6.07) is 0. The molecule has 0 heterocycles. The zero-order valence-electron chi connectivity index (χ0n) is 10.5. The molecule has 0 aliphatic carbocycles. The average molecular weight is 216 g/mol. The molecule has 1 N–H and O–H groups in total. The van der Waals surface area contributed by atoms with Gasteiger partial charge in [0.1, 0.15) is 0 Å². The van der Waals surface area contributed by atoms with Gasteiger partial charge in [0, 0.05) is 0 Å². The van der Waals surface area contributed by atoms with Crippen molar-refractivity contribution in [2.24, 2.45) is 11.3 Å². The molecule has 3 heteroatoms. The van der Waals surface area contributed by atoms with Gasteiger partial charge in [-0.15, -0.1) is 0 Å². The van der Waals surface area contributed by atoms with Crippen molar-refractivity contribution in [3.05, 3.63) is 0 Å². The molecular weight excluding hydrogens is 192 g/mol. The first kappa shape index (κ1) is 14.4. The zero-order chi connectivity index (χ0) is 12.1. The van der Waals surface area contributed by atoms with Gasteiger partial charge in [-0.1, -0.05) is 27.7 Å². The standard InChI is InChI=1S/C12H24O3/c1-6-15-11(14)10(13)7-9(2)8-12(3,4)5/h9-10,13H,6-8H2,1-5H3. The number of carbonyl (C=O) groups is 1. The van der Waals surface area contributed by atoms with E-state index in [0.717, 1.165) is 6.42 Å². The fourth-order valence-electron chi connectivity index (χ4n) is 1.84. The smallest absolute Gasteiger partial charge is 0.334 e. The normalized spacial score (nSPS) is 15.9. The first-order valence-electron chi connectivity index (χ1n) is 5.61. The van der Waals surface area contributed by atoms with Crippen molar-refractivity contribution in [3.63, 3.8) is 0 Å². The van der Waals surface area contributed by atoms with Crippen LogP contribution in [0.25, 0.3) is 0 Å². The summed E-state index contributed by atoms with van der Waals surface area (Å²) in [6.07, 6.45) is 0.502. The molecule has 0 rings (SSSR count). The van der Waals surface area contributed by atoms with E-state index in [1.165, 1.54) is 0 Å². The third-order valence-electron chi connectivity index (χ3n) is 2.15. The lowest BCUT2D eigenvalue weighted by atomic mass is 9.83. The summed E-state index contributed by atoms with van der Waals surface area (Å²) in [7, 11) is 0. The summed E-state index contributed by atoms with van der Waals surface area (Å²) in [5.41, 5.74) is 0.230. The number of esters is 1. The van der Waals surface area contributed by atoms with Gasteiger partial charge in [-0.05, 0) is 31.1 Å². The van der Waals surface area contributed by atoms with Gasteiger partial charge in [0.25, 0.3) is 0 Å². The highest BCUT2D eigenvalue weighted by Crippen LogP contribution is 2.26. The number of ether oxygens (including phenoxy) is 1. The van der Waals surface area contributed by atoms with Crippen molar-refractivity contribution < 1.29 is 14.6 Å². The van der Waals surface area contributed by atoms with Crippen molar-refractivity contribution >= 4 is 5.97 Å². The Labute approximate surface area is 92.8 Å². The summed E-state index contributed by atoms with van der Waals surface area (Å²) in [6.45, 7) is 10.6. The molecular formula is C12H24O3. The molecule has 0 saturated carbocycles. The summed E-state index contributed by atoms with van der Waals surface area (Å²) in [5.74, 6) is -0.178. The van der Waals surface area contributed by atoms with Gasteiger partial charge in [-0.25, -0.2) is 4.79 Å². The Morgan fingerprint density at radius 3 is 2.33 bits per heavy atom. The van der Waals surface area contributed by atoms with Crippen LogP contribution in [0.1, 0.15) is 47.5 Å². The van der Waals surface area contributed by atoms with Crippen molar-refractivity contribution in [2.45, 2.75) is 53.6 Å². The van der Waals surface area contributed by atoms with Crippen LogP contribution in [-0.2, 0) is 9.53 Å². The molecule has 3 nitrogen and oxygen atoms in total. The minimum atomic E-state index is -0.970. The quantitative estimate of drug-likeness (QED) is 0.718.